The molecule has 22 heavy (non-hydrogen) atoms. The smallest absolute Gasteiger partial charge is 0.274 e. The zero-order valence-corrected chi connectivity index (χ0v) is 13.7. The molecular weight excluding hydrogens is 274 g/mol. The van der Waals surface area contributed by atoms with E-state index < -0.39 is 0 Å². The van der Waals surface area contributed by atoms with Crippen LogP contribution in [0.2, 0.25) is 0 Å². The number of hydrogen-bond acceptors (Lipinski definition) is 2. The summed E-state index contributed by atoms with van der Waals surface area (Å²) in [5.74, 6) is 1.60. The molecule has 0 aromatic carbocycles. The second kappa shape index (κ2) is 6.11. The molecule has 4 heteroatoms. The molecule has 1 amide bonds. The lowest BCUT2D eigenvalue weighted by molar-refractivity contribution is 0.0730. The topological polar surface area (TPSA) is 37.6 Å². The highest BCUT2D eigenvalue weighted by Gasteiger charge is 2.30. The van der Waals surface area contributed by atoms with Crippen LogP contribution in [0.5, 0.6) is 0 Å². The highest BCUT2D eigenvalue weighted by atomic mass is 16.2. The Morgan fingerprint density at radius 2 is 2.23 bits per heavy atom. The van der Waals surface area contributed by atoms with E-state index in [9.17, 15) is 4.79 Å². The minimum atomic E-state index is 0.100. The van der Waals surface area contributed by atoms with E-state index in [1.54, 1.807) is 0 Å². The predicted octanol–water partition coefficient (Wildman–Crippen LogP) is 3.55. The number of imidazole rings is 1. The molecule has 1 aliphatic heterocycles. The van der Waals surface area contributed by atoms with Gasteiger partial charge in [0.1, 0.15) is 5.82 Å². The van der Waals surface area contributed by atoms with Crippen LogP contribution in [0, 0.1) is 5.92 Å². The molecule has 0 spiro atoms. The fraction of sp³-hybridized carbons (Fsp3) is 0.556. The second-order valence-corrected chi connectivity index (χ2v) is 6.63. The van der Waals surface area contributed by atoms with Crippen LogP contribution in [0.15, 0.2) is 24.4 Å². The zero-order valence-electron chi connectivity index (χ0n) is 13.7. The highest BCUT2D eigenvalue weighted by Crippen LogP contribution is 2.24. The van der Waals surface area contributed by atoms with E-state index >= 15 is 0 Å². The van der Waals surface area contributed by atoms with Crippen molar-refractivity contribution in [2.45, 2.75) is 52.5 Å². The first-order chi connectivity index (χ1) is 10.6. The van der Waals surface area contributed by atoms with Crippen molar-refractivity contribution in [3.63, 3.8) is 0 Å². The van der Waals surface area contributed by atoms with Crippen molar-refractivity contribution < 1.29 is 4.79 Å². The molecule has 2 aromatic heterocycles. The third-order valence-corrected chi connectivity index (χ3v) is 4.52. The maximum absolute atomic E-state index is 13.0. The number of aromatic nitrogens is 2. The Kier molecular flexibility index (Phi) is 4.19. The summed E-state index contributed by atoms with van der Waals surface area (Å²) in [4.78, 5) is 19.7. The second-order valence-electron chi connectivity index (χ2n) is 6.63. The number of rotatable bonds is 4. The molecule has 2 aromatic rings. The zero-order chi connectivity index (χ0) is 15.7. The monoisotopic (exact) mass is 299 g/mol. The molecule has 1 saturated heterocycles. The van der Waals surface area contributed by atoms with Gasteiger partial charge in [0, 0.05) is 25.2 Å². The molecule has 3 rings (SSSR count). The molecule has 0 aliphatic carbocycles. The minimum absolute atomic E-state index is 0.100. The van der Waals surface area contributed by atoms with Gasteiger partial charge in [0.25, 0.3) is 5.91 Å². The molecule has 4 nitrogen and oxygen atoms in total. The predicted molar refractivity (Wildman–Crippen MR) is 88.1 cm³/mol. The van der Waals surface area contributed by atoms with Crippen molar-refractivity contribution in [1.82, 2.24) is 14.3 Å². The van der Waals surface area contributed by atoms with Crippen LogP contribution in [0.4, 0.5) is 0 Å². The number of nitrogens with zero attached hydrogens (tertiary/aromatic N) is 3. The number of amides is 1. The van der Waals surface area contributed by atoms with Crippen molar-refractivity contribution >= 4 is 11.4 Å². The largest absolute Gasteiger partial charge is 0.334 e. The lowest BCUT2D eigenvalue weighted by Gasteiger charge is -2.22. The lowest BCUT2D eigenvalue weighted by atomic mass is 10.1. The average Bonchev–Trinajstić information content (AvgIpc) is 3.11. The van der Waals surface area contributed by atoms with Crippen LogP contribution in [-0.2, 0) is 6.42 Å². The Morgan fingerprint density at radius 1 is 1.41 bits per heavy atom. The normalized spacial score (nSPS) is 18.5. The van der Waals surface area contributed by atoms with Crippen LogP contribution in [0.3, 0.4) is 0 Å². The number of hydrogen-bond donors (Lipinski definition) is 0. The molecule has 1 aliphatic rings. The molecular formula is C18H25N3O. The number of carbonyl (C=O) groups excluding carboxylic acids is 1. The van der Waals surface area contributed by atoms with Gasteiger partial charge in [0.15, 0.2) is 5.69 Å². The fourth-order valence-electron chi connectivity index (χ4n) is 3.43. The third kappa shape index (κ3) is 2.62. The first-order valence-electron chi connectivity index (χ1n) is 8.38. The van der Waals surface area contributed by atoms with Crippen molar-refractivity contribution in [1.29, 1.82) is 0 Å². The minimum Gasteiger partial charge on any atom is -0.334 e. The maximum Gasteiger partial charge on any atom is 0.274 e. The van der Waals surface area contributed by atoms with Gasteiger partial charge < -0.3 is 9.30 Å². The molecule has 3 heterocycles. The molecule has 1 fully saturated rings. The summed E-state index contributed by atoms with van der Waals surface area (Å²) in [6, 6.07) is 6.36. The van der Waals surface area contributed by atoms with E-state index in [-0.39, 0.29) is 5.91 Å². The summed E-state index contributed by atoms with van der Waals surface area (Å²) in [5, 5.41) is 0. The van der Waals surface area contributed by atoms with Crippen LogP contribution in [-0.4, -0.2) is 32.8 Å². The average molecular weight is 299 g/mol. The Balaban J connectivity index is 2.01. The first-order valence-corrected chi connectivity index (χ1v) is 8.38. The van der Waals surface area contributed by atoms with Gasteiger partial charge in [-0.05, 0) is 37.3 Å². The summed E-state index contributed by atoms with van der Waals surface area (Å²) < 4.78 is 2.07. The molecule has 1 atom stereocenters. The number of pyridine rings is 1. The number of carbonyl (C=O) groups is 1. The highest BCUT2D eigenvalue weighted by molar-refractivity contribution is 5.99. The fourth-order valence-corrected chi connectivity index (χ4v) is 3.43. The van der Waals surface area contributed by atoms with E-state index in [1.165, 1.54) is 0 Å². The van der Waals surface area contributed by atoms with Gasteiger partial charge in [-0.15, -0.1) is 0 Å². The Bertz CT molecular complexity index is 674. The Morgan fingerprint density at radius 3 is 2.95 bits per heavy atom. The van der Waals surface area contributed by atoms with E-state index in [0.717, 1.165) is 43.6 Å². The van der Waals surface area contributed by atoms with Gasteiger partial charge >= 0.3 is 0 Å². The van der Waals surface area contributed by atoms with Gasteiger partial charge in [-0.2, -0.15) is 0 Å². The standard InChI is InChI=1S/C18H25N3O/c1-4-14-8-7-11-20(14)18(22)17-15-9-5-6-10-21(15)16(19-17)12-13(2)3/h5-6,9-10,13-14H,4,7-8,11-12H2,1-3H3. The summed E-state index contributed by atoms with van der Waals surface area (Å²) in [7, 11) is 0. The van der Waals surface area contributed by atoms with E-state index in [0.29, 0.717) is 17.7 Å². The van der Waals surface area contributed by atoms with Crippen LogP contribution in [0.25, 0.3) is 5.52 Å². The lowest BCUT2D eigenvalue weighted by Crippen LogP contribution is -2.35. The van der Waals surface area contributed by atoms with Crippen molar-refractivity contribution in [2.24, 2.45) is 5.92 Å². The molecule has 0 bridgehead atoms. The third-order valence-electron chi connectivity index (χ3n) is 4.52. The van der Waals surface area contributed by atoms with Gasteiger partial charge in [0.05, 0.1) is 5.52 Å². The SMILES string of the molecule is CCC1CCCN1C(=O)c1nc(CC(C)C)n2ccccc12. The maximum atomic E-state index is 13.0. The van der Waals surface area contributed by atoms with Crippen molar-refractivity contribution in [3.05, 3.63) is 35.9 Å². The van der Waals surface area contributed by atoms with Crippen LogP contribution in [0.1, 0.15) is 56.3 Å². The quantitative estimate of drug-likeness (QED) is 0.866. The van der Waals surface area contributed by atoms with Gasteiger partial charge in [-0.1, -0.05) is 26.8 Å². The van der Waals surface area contributed by atoms with Crippen molar-refractivity contribution in [2.75, 3.05) is 6.54 Å². The van der Waals surface area contributed by atoms with Gasteiger partial charge in [-0.3, -0.25) is 4.79 Å². The van der Waals surface area contributed by atoms with E-state index in [4.69, 9.17) is 4.98 Å². The van der Waals surface area contributed by atoms with Gasteiger partial charge in [-0.25, -0.2) is 4.98 Å². The molecule has 118 valence electrons. The van der Waals surface area contributed by atoms with Crippen LogP contribution < -0.4 is 0 Å². The van der Waals surface area contributed by atoms with E-state index in [2.05, 4.69) is 25.2 Å². The van der Waals surface area contributed by atoms with Crippen LogP contribution >= 0.6 is 0 Å². The first kappa shape index (κ1) is 15.1. The molecule has 0 saturated carbocycles. The Hall–Kier alpha value is -1.84. The van der Waals surface area contributed by atoms with Crippen molar-refractivity contribution in [3.8, 4) is 0 Å². The van der Waals surface area contributed by atoms with Gasteiger partial charge in [0.2, 0.25) is 0 Å². The molecule has 0 radical (unpaired) electrons. The summed E-state index contributed by atoms with van der Waals surface area (Å²) in [6.07, 6.45) is 6.14. The summed E-state index contributed by atoms with van der Waals surface area (Å²) in [6.45, 7) is 7.38. The summed E-state index contributed by atoms with van der Waals surface area (Å²) >= 11 is 0. The molecule has 0 N–H and O–H groups in total. The molecule has 1 unspecified atom stereocenters. The Labute approximate surface area is 132 Å². The van der Waals surface area contributed by atoms with E-state index in [1.807, 2.05) is 29.3 Å². The number of likely N-dealkylation sites (tertiary alicyclic amines) is 1. The number of fused-ring (bicyclic) bond motifs is 1. The summed E-state index contributed by atoms with van der Waals surface area (Å²) in [5.41, 5.74) is 1.56.